The molecule has 0 saturated heterocycles. The maximum absolute atomic E-state index is 2.51. The lowest BCUT2D eigenvalue weighted by Gasteiger charge is -2.15. The van der Waals surface area contributed by atoms with Crippen LogP contribution >= 0.6 is 0 Å². The van der Waals surface area contributed by atoms with Gasteiger partial charge in [-0.2, -0.15) is 0 Å². The zero-order chi connectivity index (χ0) is 17.9. The van der Waals surface area contributed by atoms with Crippen molar-refractivity contribution in [3.05, 3.63) is 36.5 Å². The largest absolute Gasteiger partial charge is 0.0885 e. The van der Waals surface area contributed by atoms with Gasteiger partial charge in [0.1, 0.15) is 0 Å². The molecule has 0 heterocycles. The van der Waals surface area contributed by atoms with Crippen LogP contribution in [0.3, 0.4) is 0 Å². The molecule has 24 heavy (non-hydrogen) atoms. The summed E-state index contributed by atoms with van der Waals surface area (Å²) in [4.78, 5) is 0. The van der Waals surface area contributed by atoms with Gasteiger partial charge in [0, 0.05) is 0 Å². The van der Waals surface area contributed by atoms with E-state index < -0.39 is 0 Å². The van der Waals surface area contributed by atoms with Crippen molar-refractivity contribution in [2.75, 3.05) is 0 Å². The summed E-state index contributed by atoms with van der Waals surface area (Å²) in [6.07, 6.45) is 30.0. The normalized spacial score (nSPS) is 15.0. The molecular formula is C24H44. The molecule has 0 heteroatoms. The zero-order valence-electron chi connectivity index (χ0n) is 17.1. The molecule has 0 aliphatic rings. The van der Waals surface area contributed by atoms with E-state index in [1.54, 1.807) is 0 Å². The van der Waals surface area contributed by atoms with Crippen molar-refractivity contribution in [1.29, 1.82) is 0 Å². The van der Waals surface area contributed by atoms with E-state index in [1.165, 1.54) is 77.0 Å². The maximum atomic E-state index is 2.51. The van der Waals surface area contributed by atoms with Gasteiger partial charge < -0.3 is 0 Å². The highest BCUT2D eigenvalue weighted by Gasteiger charge is 2.08. The monoisotopic (exact) mass is 332 g/mol. The quantitative estimate of drug-likeness (QED) is 0.196. The SMILES string of the molecule is CCCCC=CCCC(C=CCCCC)CC(C)C=CCCCC. The Labute approximate surface area is 153 Å². The fourth-order valence-corrected chi connectivity index (χ4v) is 2.98. The van der Waals surface area contributed by atoms with E-state index in [-0.39, 0.29) is 0 Å². The van der Waals surface area contributed by atoms with Crippen LogP contribution in [0.15, 0.2) is 36.5 Å². The molecule has 0 radical (unpaired) electrons. The first-order valence-corrected chi connectivity index (χ1v) is 10.7. The minimum absolute atomic E-state index is 0.701. The third-order valence-electron chi connectivity index (χ3n) is 4.59. The number of hydrogen-bond donors (Lipinski definition) is 0. The second-order valence-electron chi connectivity index (χ2n) is 7.30. The van der Waals surface area contributed by atoms with Crippen LogP contribution in [0.2, 0.25) is 0 Å². The van der Waals surface area contributed by atoms with E-state index in [4.69, 9.17) is 0 Å². The molecule has 0 rings (SSSR count). The van der Waals surface area contributed by atoms with Gasteiger partial charge in [0.05, 0.1) is 0 Å². The van der Waals surface area contributed by atoms with E-state index in [0.29, 0.717) is 5.92 Å². The van der Waals surface area contributed by atoms with E-state index in [9.17, 15) is 0 Å². The minimum Gasteiger partial charge on any atom is -0.0885 e. The molecule has 0 aromatic carbocycles. The van der Waals surface area contributed by atoms with Crippen LogP contribution in [0.1, 0.15) is 105 Å². The van der Waals surface area contributed by atoms with Crippen LogP contribution in [-0.4, -0.2) is 0 Å². The van der Waals surface area contributed by atoms with Crippen LogP contribution in [0, 0.1) is 11.8 Å². The van der Waals surface area contributed by atoms with Crippen LogP contribution < -0.4 is 0 Å². The Bertz CT molecular complexity index is 321. The third-order valence-corrected chi connectivity index (χ3v) is 4.59. The Hall–Kier alpha value is -0.780. The molecule has 0 spiro atoms. The van der Waals surface area contributed by atoms with Crippen LogP contribution in [0.25, 0.3) is 0 Å². The first-order chi connectivity index (χ1) is 11.7. The minimum atomic E-state index is 0.701. The third kappa shape index (κ3) is 16.1. The van der Waals surface area contributed by atoms with Crippen molar-refractivity contribution in [3.8, 4) is 0 Å². The van der Waals surface area contributed by atoms with Gasteiger partial charge in [0.25, 0.3) is 0 Å². The molecule has 0 saturated carbocycles. The topological polar surface area (TPSA) is 0 Å². The molecule has 2 unspecified atom stereocenters. The Morgan fingerprint density at radius 1 is 0.625 bits per heavy atom. The predicted molar refractivity (Wildman–Crippen MR) is 113 cm³/mol. The molecule has 0 aromatic rings. The van der Waals surface area contributed by atoms with Crippen molar-refractivity contribution >= 4 is 0 Å². The van der Waals surface area contributed by atoms with Crippen molar-refractivity contribution < 1.29 is 0 Å². The van der Waals surface area contributed by atoms with Gasteiger partial charge >= 0.3 is 0 Å². The predicted octanol–water partition coefficient (Wildman–Crippen LogP) is 8.65. The van der Waals surface area contributed by atoms with E-state index >= 15 is 0 Å². The molecule has 0 amide bonds. The summed E-state index contributed by atoms with van der Waals surface area (Å²) < 4.78 is 0. The van der Waals surface area contributed by atoms with Gasteiger partial charge in [-0.25, -0.2) is 0 Å². The lowest BCUT2D eigenvalue weighted by atomic mass is 9.90. The summed E-state index contributed by atoms with van der Waals surface area (Å²) in [5.74, 6) is 1.44. The first kappa shape index (κ1) is 23.2. The number of rotatable bonds is 16. The summed E-state index contributed by atoms with van der Waals surface area (Å²) in [6, 6.07) is 0. The summed E-state index contributed by atoms with van der Waals surface area (Å²) in [5, 5.41) is 0. The van der Waals surface area contributed by atoms with Crippen LogP contribution in [0.4, 0.5) is 0 Å². The Balaban J connectivity index is 4.27. The molecule has 0 aromatic heterocycles. The molecule has 0 fully saturated rings. The smallest absolute Gasteiger partial charge is 0.0225 e. The summed E-state index contributed by atoms with van der Waals surface area (Å²) in [7, 11) is 0. The molecule has 0 N–H and O–H groups in total. The van der Waals surface area contributed by atoms with Crippen molar-refractivity contribution in [3.63, 3.8) is 0 Å². The number of unbranched alkanes of at least 4 members (excludes halogenated alkanes) is 6. The molecule has 0 nitrogen and oxygen atoms in total. The van der Waals surface area contributed by atoms with Crippen molar-refractivity contribution in [2.45, 2.75) is 105 Å². The van der Waals surface area contributed by atoms with E-state index in [0.717, 1.165) is 5.92 Å². The average molecular weight is 333 g/mol. The molecule has 0 aliphatic carbocycles. The Kier molecular flexibility index (Phi) is 18.0. The molecule has 0 aliphatic heterocycles. The van der Waals surface area contributed by atoms with Gasteiger partial charge in [0.15, 0.2) is 0 Å². The van der Waals surface area contributed by atoms with E-state index in [1.807, 2.05) is 0 Å². The van der Waals surface area contributed by atoms with E-state index in [2.05, 4.69) is 64.2 Å². The highest BCUT2D eigenvalue weighted by Crippen LogP contribution is 2.21. The van der Waals surface area contributed by atoms with Crippen LogP contribution in [0.5, 0.6) is 0 Å². The second kappa shape index (κ2) is 18.6. The Morgan fingerprint density at radius 2 is 1.12 bits per heavy atom. The van der Waals surface area contributed by atoms with Gasteiger partial charge in [-0.3, -0.25) is 0 Å². The first-order valence-electron chi connectivity index (χ1n) is 10.7. The lowest BCUT2D eigenvalue weighted by Crippen LogP contribution is -2.02. The summed E-state index contributed by atoms with van der Waals surface area (Å²) in [5.41, 5.74) is 0. The second-order valence-corrected chi connectivity index (χ2v) is 7.30. The van der Waals surface area contributed by atoms with Gasteiger partial charge in [-0.15, -0.1) is 0 Å². The van der Waals surface area contributed by atoms with Gasteiger partial charge in [0.2, 0.25) is 0 Å². The van der Waals surface area contributed by atoms with Gasteiger partial charge in [-0.1, -0.05) is 103 Å². The maximum Gasteiger partial charge on any atom is -0.0225 e. The summed E-state index contributed by atoms with van der Waals surface area (Å²) in [6.45, 7) is 9.19. The fourth-order valence-electron chi connectivity index (χ4n) is 2.98. The summed E-state index contributed by atoms with van der Waals surface area (Å²) >= 11 is 0. The molecule has 0 bridgehead atoms. The fraction of sp³-hybridized carbons (Fsp3) is 0.750. The molecule has 2 atom stereocenters. The van der Waals surface area contributed by atoms with Crippen molar-refractivity contribution in [1.82, 2.24) is 0 Å². The lowest BCUT2D eigenvalue weighted by molar-refractivity contribution is 0.481. The molecule has 140 valence electrons. The highest BCUT2D eigenvalue weighted by molar-refractivity contribution is 4.95. The number of allylic oxidation sites excluding steroid dienone is 6. The zero-order valence-corrected chi connectivity index (χ0v) is 17.1. The average Bonchev–Trinajstić information content (AvgIpc) is 2.58. The Morgan fingerprint density at radius 3 is 1.71 bits per heavy atom. The van der Waals surface area contributed by atoms with Gasteiger partial charge in [-0.05, 0) is 50.4 Å². The standard InChI is InChI=1S/C24H44/c1-5-8-11-14-15-18-21-24(20-17-13-10-7-3)22-23(4)19-16-12-9-6-2/h14-17,19-20,23-24H,5-13,18,21-22H2,1-4H3. The number of hydrogen-bond acceptors (Lipinski definition) is 0. The van der Waals surface area contributed by atoms with Crippen molar-refractivity contribution in [2.24, 2.45) is 11.8 Å². The highest BCUT2D eigenvalue weighted by atomic mass is 14.1. The molecular weight excluding hydrogens is 288 g/mol. The van der Waals surface area contributed by atoms with Crippen LogP contribution in [-0.2, 0) is 0 Å².